The zero-order valence-corrected chi connectivity index (χ0v) is 15.2. The number of hydrogen-bond acceptors (Lipinski definition) is 4. The van der Waals surface area contributed by atoms with Crippen molar-refractivity contribution in [2.24, 2.45) is 5.41 Å². The Labute approximate surface area is 141 Å². The average Bonchev–Trinajstić information content (AvgIpc) is 3.05. The fourth-order valence-electron chi connectivity index (χ4n) is 4.11. The second kappa shape index (κ2) is 5.26. The lowest BCUT2D eigenvalue weighted by molar-refractivity contribution is 0.152. The van der Waals surface area contributed by atoms with Crippen LogP contribution in [0, 0.1) is 12.3 Å². The number of aromatic nitrogens is 1. The van der Waals surface area contributed by atoms with Gasteiger partial charge < -0.3 is 0 Å². The molecule has 2 aromatic rings. The molecule has 1 aliphatic carbocycles. The molecule has 0 amide bonds. The number of nitrogens with zero attached hydrogens (tertiary/aromatic N) is 2. The van der Waals surface area contributed by atoms with E-state index in [1.54, 1.807) is 27.8 Å². The molecule has 124 valence electrons. The molecule has 1 spiro atoms. The van der Waals surface area contributed by atoms with E-state index < -0.39 is 10.0 Å². The molecule has 2 heterocycles. The number of hydrogen-bond donors (Lipinski definition) is 0. The van der Waals surface area contributed by atoms with Crippen molar-refractivity contribution in [3.63, 3.8) is 0 Å². The molecule has 1 saturated carbocycles. The smallest absolute Gasteiger partial charge is 0.242 e. The molecular formula is C17H22N2O2S2. The van der Waals surface area contributed by atoms with Crippen LogP contribution in [0.25, 0.3) is 10.2 Å². The fraction of sp³-hybridized carbons (Fsp3) is 0.588. The summed E-state index contributed by atoms with van der Waals surface area (Å²) >= 11 is 1.55. The lowest BCUT2D eigenvalue weighted by atomic mass is 9.67. The molecule has 0 N–H and O–H groups in total. The minimum Gasteiger partial charge on any atom is -0.242 e. The molecule has 2 aliphatic rings. The number of fused-ring (bicyclic) bond motifs is 1. The summed E-state index contributed by atoms with van der Waals surface area (Å²) in [5.74, 6) is 0. The molecule has 2 fully saturated rings. The maximum absolute atomic E-state index is 13.2. The van der Waals surface area contributed by atoms with E-state index >= 15 is 0 Å². The van der Waals surface area contributed by atoms with Gasteiger partial charge in [-0.2, -0.15) is 4.31 Å². The Morgan fingerprint density at radius 3 is 2.83 bits per heavy atom. The Kier molecular flexibility index (Phi) is 3.55. The molecule has 6 heteroatoms. The first-order valence-electron chi connectivity index (χ1n) is 8.33. The van der Waals surface area contributed by atoms with Gasteiger partial charge in [-0.05, 0) is 56.2 Å². The van der Waals surface area contributed by atoms with E-state index in [0.29, 0.717) is 11.4 Å². The molecule has 1 unspecified atom stereocenters. The van der Waals surface area contributed by atoms with Gasteiger partial charge in [0.1, 0.15) is 0 Å². The predicted molar refractivity (Wildman–Crippen MR) is 93.2 cm³/mol. The van der Waals surface area contributed by atoms with Gasteiger partial charge in [0.2, 0.25) is 10.0 Å². The first-order valence-corrected chi connectivity index (χ1v) is 10.6. The maximum atomic E-state index is 13.2. The van der Waals surface area contributed by atoms with Crippen LogP contribution in [0.5, 0.6) is 0 Å². The van der Waals surface area contributed by atoms with Gasteiger partial charge in [-0.3, -0.25) is 0 Å². The normalized spacial score (nSPS) is 24.3. The Balaban J connectivity index is 1.72. The summed E-state index contributed by atoms with van der Waals surface area (Å²) in [4.78, 5) is 4.84. The van der Waals surface area contributed by atoms with E-state index in [2.05, 4.69) is 11.9 Å². The van der Waals surface area contributed by atoms with E-state index in [1.165, 1.54) is 19.3 Å². The van der Waals surface area contributed by atoms with Crippen molar-refractivity contribution >= 4 is 31.6 Å². The Morgan fingerprint density at radius 1 is 1.39 bits per heavy atom. The van der Waals surface area contributed by atoms with Crippen LogP contribution in [-0.2, 0) is 10.0 Å². The Bertz CT molecular complexity index is 853. The van der Waals surface area contributed by atoms with Gasteiger partial charge in [0.05, 0.1) is 20.1 Å². The number of rotatable bonds is 3. The summed E-state index contributed by atoms with van der Waals surface area (Å²) in [7, 11) is -3.42. The maximum Gasteiger partial charge on any atom is 0.243 e. The van der Waals surface area contributed by atoms with Crippen molar-refractivity contribution in [1.82, 2.24) is 9.29 Å². The summed E-state index contributed by atoms with van der Waals surface area (Å²) in [5, 5.41) is 0.968. The summed E-state index contributed by atoms with van der Waals surface area (Å²) < 4.78 is 29.1. The summed E-state index contributed by atoms with van der Waals surface area (Å²) in [6.45, 7) is 4.75. The number of benzene rings is 1. The molecule has 23 heavy (non-hydrogen) atoms. The Morgan fingerprint density at radius 2 is 2.17 bits per heavy atom. The second-order valence-corrected chi connectivity index (χ2v) is 10.2. The van der Waals surface area contributed by atoms with Crippen LogP contribution < -0.4 is 0 Å². The lowest BCUT2D eigenvalue weighted by Gasteiger charge is -2.38. The van der Waals surface area contributed by atoms with Gasteiger partial charge in [0.15, 0.2) is 0 Å². The summed E-state index contributed by atoms with van der Waals surface area (Å²) in [5.41, 5.74) is 1.15. The summed E-state index contributed by atoms with van der Waals surface area (Å²) in [6.07, 6.45) is 5.54. The lowest BCUT2D eigenvalue weighted by Crippen LogP contribution is -2.37. The molecular weight excluding hydrogens is 328 g/mol. The highest BCUT2D eigenvalue weighted by molar-refractivity contribution is 7.89. The van der Waals surface area contributed by atoms with E-state index in [-0.39, 0.29) is 11.5 Å². The first-order chi connectivity index (χ1) is 10.9. The van der Waals surface area contributed by atoms with Gasteiger partial charge in [-0.25, -0.2) is 13.4 Å². The van der Waals surface area contributed by atoms with Crippen LogP contribution in [0.15, 0.2) is 23.1 Å². The predicted octanol–water partition coefficient (Wildman–Crippen LogP) is 3.95. The monoisotopic (exact) mass is 350 g/mol. The molecule has 1 saturated heterocycles. The third-order valence-corrected chi connectivity index (χ3v) is 8.35. The standard InChI is InChI=1S/C17H22N2O2S2/c1-3-13-10-17(7-4-8-17)11-19(13)23(20,21)14-5-6-15-16(9-14)22-12(2)18-15/h5-6,9,13H,3-4,7-8,10-11H2,1-2H3. The van der Waals surface area contributed by atoms with Gasteiger partial charge in [0, 0.05) is 12.6 Å². The van der Waals surface area contributed by atoms with Crippen LogP contribution in [0.3, 0.4) is 0 Å². The van der Waals surface area contributed by atoms with Crippen molar-refractivity contribution in [1.29, 1.82) is 0 Å². The largest absolute Gasteiger partial charge is 0.243 e. The number of aryl methyl sites for hydroxylation is 1. The second-order valence-electron chi connectivity index (χ2n) is 7.03. The fourth-order valence-corrected chi connectivity index (χ4v) is 6.89. The van der Waals surface area contributed by atoms with Gasteiger partial charge >= 0.3 is 0 Å². The summed E-state index contributed by atoms with van der Waals surface area (Å²) in [6, 6.07) is 5.50. The van der Waals surface area contributed by atoms with E-state index in [1.807, 2.05) is 13.0 Å². The molecule has 4 nitrogen and oxygen atoms in total. The molecule has 1 atom stereocenters. The van der Waals surface area contributed by atoms with Crippen molar-refractivity contribution in [3.05, 3.63) is 23.2 Å². The van der Waals surface area contributed by atoms with Crippen molar-refractivity contribution in [3.8, 4) is 0 Å². The van der Waals surface area contributed by atoms with Gasteiger partial charge in [0.25, 0.3) is 0 Å². The molecule has 4 rings (SSSR count). The van der Waals surface area contributed by atoms with E-state index in [9.17, 15) is 8.42 Å². The minimum absolute atomic E-state index is 0.152. The highest BCUT2D eigenvalue weighted by Gasteiger charge is 2.50. The van der Waals surface area contributed by atoms with Crippen LogP contribution in [0.1, 0.15) is 44.0 Å². The highest BCUT2D eigenvalue weighted by Crippen LogP contribution is 2.52. The molecule has 1 aromatic carbocycles. The van der Waals surface area contributed by atoms with Crippen LogP contribution in [-0.4, -0.2) is 30.3 Å². The minimum atomic E-state index is -3.42. The van der Waals surface area contributed by atoms with Gasteiger partial charge in [-0.15, -0.1) is 11.3 Å². The Hall–Kier alpha value is -0.980. The zero-order valence-electron chi connectivity index (χ0n) is 13.6. The quantitative estimate of drug-likeness (QED) is 0.842. The number of sulfonamides is 1. The van der Waals surface area contributed by atoms with E-state index in [0.717, 1.165) is 28.1 Å². The van der Waals surface area contributed by atoms with Crippen molar-refractivity contribution < 1.29 is 8.42 Å². The molecule has 0 radical (unpaired) electrons. The third kappa shape index (κ3) is 2.42. The van der Waals surface area contributed by atoms with Crippen LogP contribution in [0.2, 0.25) is 0 Å². The average molecular weight is 351 g/mol. The topological polar surface area (TPSA) is 50.3 Å². The molecule has 0 bridgehead atoms. The van der Waals surface area contributed by atoms with Gasteiger partial charge in [-0.1, -0.05) is 13.3 Å². The molecule has 1 aliphatic heterocycles. The van der Waals surface area contributed by atoms with E-state index in [4.69, 9.17) is 0 Å². The zero-order chi connectivity index (χ0) is 16.2. The van der Waals surface area contributed by atoms with Crippen molar-refractivity contribution in [2.75, 3.05) is 6.54 Å². The first kappa shape index (κ1) is 15.5. The van der Waals surface area contributed by atoms with Crippen LogP contribution in [0.4, 0.5) is 0 Å². The number of thiazole rings is 1. The van der Waals surface area contributed by atoms with Crippen molar-refractivity contribution in [2.45, 2.75) is 56.9 Å². The highest BCUT2D eigenvalue weighted by atomic mass is 32.2. The molecule has 1 aromatic heterocycles. The van der Waals surface area contributed by atoms with Crippen LogP contribution >= 0.6 is 11.3 Å². The SMILES string of the molecule is CCC1CC2(CCC2)CN1S(=O)(=O)c1ccc2nc(C)sc2c1. The third-order valence-electron chi connectivity index (χ3n) is 5.53.